The van der Waals surface area contributed by atoms with Crippen molar-refractivity contribution in [3.63, 3.8) is 0 Å². The molecule has 0 radical (unpaired) electrons. The molecule has 2 aromatic rings. The summed E-state index contributed by atoms with van der Waals surface area (Å²) >= 11 is 0. The molecule has 0 spiro atoms. The molecule has 1 amide bonds. The van der Waals surface area contributed by atoms with Gasteiger partial charge >= 0.3 is 0 Å². The first-order chi connectivity index (χ1) is 10.6. The Morgan fingerprint density at radius 3 is 2.59 bits per heavy atom. The lowest BCUT2D eigenvalue weighted by molar-refractivity contribution is 0.0526. The third kappa shape index (κ3) is 2.05. The summed E-state index contributed by atoms with van der Waals surface area (Å²) in [5.74, 6) is 0.857. The first-order valence-corrected chi connectivity index (χ1v) is 7.87. The lowest BCUT2D eigenvalue weighted by Gasteiger charge is -2.38. The smallest absolute Gasteiger partial charge is 0.292 e. The Labute approximate surface area is 129 Å². The van der Waals surface area contributed by atoms with Crippen molar-refractivity contribution in [1.82, 2.24) is 19.8 Å². The second-order valence-electron chi connectivity index (χ2n) is 6.48. The number of hydrogen-bond donors (Lipinski definition) is 0. The lowest BCUT2D eigenvalue weighted by atomic mass is 9.88. The van der Waals surface area contributed by atoms with Crippen molar-refractivity contribution in [3.05, 3.63) is 35.5 Å². The minimum atomic E-state index is -0.00319. The van der Waals surface area contributed by atoms with Gasteiger partial charge in [0, 0.05) is 43.0 Å². The van der Waals surface area contributed by atoms with Crippen LogP contribution in [0.4, 0.5) is 0 Å². The van der Waals surface area contributed by atoms with Crippen LogP contribution >= 0.6 is 0 Å². The number of amides is 1. The summed E-state index contributed by atoms with van der Waals surface area (Å²) in [4.78, 5) is 14.7. The molecule has 22 heavy (non-hydrogen) atoms. The highest BCUT2D eigenvalue weighted by Gasteiger charge is 2.45. The summed E-state index contributed by atoms with van der Waals surface area (Å²) < 4.78 is 7.13. The molecule has 2 atom stereocenters. The minimum Gasteiger partial charge on any atom is -0.351 e. The van der Waals surface area contributed by atoms with Gasteiger partial charge in [0.05, 0.1) is 5.69 Å². The normalized spacial score (nSPS) is 27.4. The second-order valence-corrected chi connectivity index (χ2v) is 6.48. The van der Waals surface area contributed by atoms with Crippen LogP contribution < -0.4 is 0 Å². The van der Waals surface area contributed by atoms with Gasteiger partial charge in [0.15, 0.2) is 0 Å². The molecule has 2 aliphatic rings. The van der Waals surface area contributed by atoms with E-state index in [9.17, 15) is 4.79 Å². The van der Waals surface area contributed by atoms with Crippen molar-refractivity contribution in [2.75, 3.05) is 0 Å². The van der Waals surface area contributed by atoms with Crippen molar-refractivity contribution in [2.45, 2.75) is 50.6 Å². The number of piperidine rings is 1. The summed E-state index contributed by atoms with van der Waals surface area (Å²) in [7, 11) is 1.99. The predicted octanol–water partition coefficient (Wildman–Crippen LogP) is 2.27. The molecule has 4 rings (SSSR count). The average Bonchev–Trinajstić information content (AvgIpc) is 3.17. The van der Waals surface area contributed by atoms with E-state index in [4.69, 9.17) is 4.52 Å². The van der Waals surface area contributed by atoms with Crippen molar-refractivity contribution < 1.29 is 9.32 Å². The Morgan fingerprint density at radius 1 is 1.32 bits per heavy atom. The van der Waals surface area contributed by atoms with E-state index in [-0.39, 0.29) is 5.91 Å². The van der Waals surface area contributed by atoms with Gasteiger partial charge in [-0.15, -0.1) is 0 Å². The van der Waals surface area contributed by atoms with Crippen LogP contribution in [0.2, 0.25) is 0 Å². The maximum atomic E-state index is 12.7. The van der Waals surface area contributed by atoms with E-state index in [1.807, 2.05) is 29.7 Å². The zero-order chi connectivity index (χ0) is 15.3. The maximum absolute atomic E-state index is 12.7. The summed E-state index contributed by atoms with van der Waals surface area (Å²) in [5.41, 5.74) is 2.03. The largest absolute Gasteiger partial charge is 0.351 e. The molecule has 2 aliphatic heterocycles. The fourth-order valence-corrected chi connectivity index (χ4v) is 4.13. The lowest BCUT2D eigenvalue weighted by Crippen LogP contribution is -2.46. The number of fused-ring (bicyclic) bond motifs is 2. The van der Waals surface area contributed by atoms with Gasteiger partial charge in [-0.1, -0.05) is 5.16 Å². The van der Waals surface area contributed by atoms with E-state index >= 15 is 0 Å². The Kier molecular flexibility index (Phi) is 3.06. The average molecular weight is 300 g/mol. The first-order valence-electron chi connectivity index (χ1n) is 7.87. The van der Waals surface area contributed by atoms with Crippen LogP contribution in [-0.2, 0) is 7.05 Å². The molecule has 0 aliphatic carbocycles. The molecule has 0 N–H and O–H groups in total. The van der Waals surface area contributed by atoms with Gasteiger partial charge in [0.25, 0.3) is 5.91 Å². The van der Waals surface area contributed by atoms with Gasteiger partial charge in [-0.05, 0) is 38.7 Å². The second kappa shape index (κ2) is 4.97. The highest BCUT2D eigenvalue weighted by atomic mass is 16.5. The topological polar surface area (TPSA) is 64.2 Å². The third-order valence-corrected chi connectivity index (χ3v) is 5.08. The molecule has 0 saturated carbocycles. The molecule has 2 bridgehead atoms. The molecule has 2 aromatic heterocycles. The predicted molar refractivity (Wildman–Crippen MR) is 79.4 cm³/mol. The van der Waals surface area contributed by atoms with Crippen molar-refractivity contribution in [1.29, 1.82) is 0 Å². The number of aryl methyl sites for hydroxylation is 2. The molecule has 0 aromatic carbocycles. The Hall–Kier alpha value is -2.11. The number of rotatable bonds is 2. The summed E-state index contributed by atoms with van der Waals surface area (Å²) in [5, 5.41) is 8.12. The van der Waals surface area contributed by atoms with Crippen LogP contribution in [0.1, 0.15) is 53.5 Å². The molecular weight excluding hydrogens is 280 g/mol. The number of carbonyl (C=O) groups is 1. The zero-order valence-electron chi connectivity index (χ0n) is 12.9. The number of hydrogen-bond acceptors (Lipinski definition) is 4. The molecule has 0 unspecified atom stereocenters. The van der Waals surface area contributed by atoms with Gasteiger partial charge in [0.2, 0.25) is 5.76 Å². The van der Waals surface area contributed by atoms with E-state index < -0.39 is 0 Å². The minimum absolute atomic E-state index is 0.00319. The van der Waals surface area contributed by atoms with Gasteiger partial charge in [-0.3, -0.25) is 9.48 Å². The van der Waals surface area contributed by atoms with Crippen LogP contribution in [0.15, 0.2) is 22.9 Å². The van der Waals surface area contributed by atoms with Crippen LogP contribution in [0.25, 0.3) is 0 Å². The van der Waals surface area contributed by atoms with Crippen molar-refractivity contribution >= 4 is 5.91 Å². The molecule has 116 valence electrons. The highest BCUT2D eigenvalue weighted by Crippen LogP contribution is 2.43. The molecule has 6 nitrogen and oxygen atoms in total. The number of carbonyl (C=O) groups excluding carboxylic acids is 1. The first kappa shape index (κ1) is 13.5. The van der Waals surface area contributed by atoms with E-state index in [2.05, 4.69) is 16.3 Å². The SMILES string of the molecule is Cc1cc(C(=O)N2[C@H]3CC[C@H]2CC(c2ccnn2C)C3)on1. The van der Waals surface area contributed by atoms with Crippen LogP contribution in [0.5, 0.6) is 0 Å². The summed E-state index contributed by atoms with van der Waals surface area (Å²) in [6.07, 6.45) is 6.03. The monoisotopic (exact) mass is 300 g/mol. The Morgan fingerprint density at radius 2 is 2.05 bits per heavy atom. The molecular formula is C16H20N4O2. The Bertz CT molecular complexity index is 691. The zero-order valence-corrected chi connectivity index (χ0v) is 12.9. The van der Waals surface area contributed by atoms with Crippen molar-refractivity contribution in [3.8, 4) is 0 Å². The quantitative estimate of drug-likeness (QED) is 0.853. The van der Waals surface area contributed by atoms with E-state index in [0.29, 0.717) is 23.8 Å². The molecule has 6 heteroatoms. The van der Waals surface area contributed by atoms with Gasteiger partial charge in [-0.25, -0.2) is 0 Å². The summed E-state index contributed by atoms with van der Waals surface area (Å²) in [6, 6.07) is 4.43. The maximum Gasteiger partial charge on any atom is 0.292 e. The Balaban J connectivity index is 1.56. The third-order valence-electron chi connectivity index (χ3n) is 5.08. The molecule has 2 fully saturated rings. The van der Waals surface area contributed by atoms with E-state index in [1.165, 1.54) is 5.69 Å². The van der Waals surface area contributed by atoms with E-state index in [0.717, 1.165) is 31.4 Å². The highest BCUT2D eigenvalue weighted by molar-refractivity contribution is 5.92. The summed E-state index contributed by atoms with van der Waals surface area (Å²) in [6.45, 7) is 1.84. The van der Waals surface area contributed by atoms with Gasteiger partial charge in [0.1, 0.15) is 0 Å². The molecule has 4 heterocycles. The molecule has 2 saturated heterocycles. The standard InChI is InChI=1S/C16H20N4O2/c1-10-7-15(22-18-10)16(21)20-12-3-4-13(20)9-11(8-12)14-5-6-17-19(14)2/h5-7,11-13H,3-4,8-9H2,1-2H3/t12-,13-/m0/s1. The number of aromatic nitrogens is 3. The number of nitrogens with zero attached hydrogens (tertiary/aromatic N) is 4. The van der Waals surface area contributed by atoms with Crippen LogP contribution in [0.3, 0.4) is 0 Å². The fraction of sp³-hybridized carbons (Fsp3) is 0.562. The van der Waals surface area contributed by atoms with Crippen molar-refractivity contribution in [2.24, 2.45) is 7.05 Å². The van der Waals surface area contributed by atoms with Gasteiger partial charge in [-0.2, -0.15) is 5.10 Å². The van der Waals surface area contributed by atoms with E-state index in [1.54, 1.807) is 6.07 Å². The fourth-order valence-electron chi connectivity index (χ4n) is 4.13. The van der Waals surface area contributed by atoms with Crippen LogP contribution in [0, 0.1) is 6.92 Å². The van der Waals surface area contributed by atoms with Crippen LogP contribution in [-0.4, -0.2) is 37.8 Å². The van der Waals surface area contributed by atoms with Gasteiger partial charge < -0.3 is 9.42 Å².